The summed E-state index contributed by atoms with van der Waals surface area (Å²) in [5, 5.41) is 5.82. The number of rotatable bonds is 7. The summed E-state index contributed by atoms with van der Waals surface area (Å²) < 4.78 is 53.0. The van der Waals surface area contributed by atoms with Crippen molar-refractivity contribution in [2.75, 3.05) is 31.6 Å². The van der Waals surface area contributed by atoms with Gasteiger partial charge in [-0.2, -0.15) is 13.2 Å². The molecule has 6 aromatic rings. The van der Waals surface area contributed by atoms with E-state index in [-0.39, 0.29) is 24.2 Å². The first kappa shape index (κ1) is 29.8. The normalized spacial score (nSPS) is 14.2. The minimum absolute atomic E-state index is 0.0483. The Morgan fingerprint density at radius 1 is 0.761 bits per heavy atom. The molecule has 1 N–H and O–H groups in total. The molecule has 1 amide bonds. The van der Waals surface area contributed by atoms with Gasteiger partial charge in [-0.05, 0) is 62.9 Å². The first-order valence-electron chi connectivity index (χ1n) is 15.2. The third kappa shape index (κ3) is 6.27. The van der Waals surface area contributed by atoms with Crippen molar-refractivity contribution in [2.45, 2.75) is 19.1 Å². The van der Waals surface area contributed by atoms with Crippen LogP contribution in [-0.4, -0.2) is 37.1 Å². The highest BCUT2D eigenvalue weighted by molar-refractivity contribution is 5.98. The van der Waals surface area contributed by atoms with Gasteiger partial charge in [0.2, 0.25) is 5.91 Å². The molecule has 5 aromatic carbocycles. The summed E-state index contributed by atoms with van der Waals surface area (Å²) in [7, 11) is 0. The first-order valence-corrected chi connectivity index (χ1v) is 15.2. The average molecular weight is 621 g/mol. The van der Waals surface area contributed by atoms with E-state index in [1.807, 2.05) is 35.2 Å². The zero-order valence-corrected chi connectivity index (χ0v) is 24.9. The van der Waals surface area contributed by atoms with Crippen molar-refractivity contribution in [1.29, 1.82) is 0 Å². The summed E-state index contributed by atoms with van der Waals surface area (Å²) in [4.78, 5) is 15.0. The molecular weight excluding hydrogens is 589 g/mol. The number of halogens is 3. The molecule has 0 saturated carbocycles. The molecule has 8 heteroatoms. The van der Waals surface area contributed by atoms with Crippen molar-refractivity contribution in [3.05, 3.63) is 126 Å². The highest BCUT2D eigenvalue weighted by Crippen LogP contribution is 2.35. The van der Waals surface area contributed by atoms with E-state index in [9.17, 15) is 18.0 Å². The lowest BCUT2D eigenvalue weighted by Crippen LogP contribution is -2.36. The van der Waals surface area contributed by atoms with Crippen molar-refractivity contribution in [3.63, 3.8) is 0 Å². The van der Waals surface area contributed by atoms with Crippen LogP contribution in [0.5, 0.6) is 0 Å². The van der Waals surface area contributed by atoms with Crippen LogP contribution in [0.1, 0.15) is 16.7 Å². The monoisotopic (exact) mass is 620 g/mol. The SMILES string of the molecule is O=C(Cc1coc2ccc(-c3ccc(-c4cccc5ccccc45)cc3)cc12)Nc1ccc(CN2CCOCC2)c(C(F)(F)F)c1. The van der Waals surface area contributed by atoms with Crippen LogP contribution in [-0.2, 0) is 28.7 Å². The molecule has 1 aliphatic heterocycles. The number of nitrogens with one attached hydrogen (secondary N) is 1. The number of anilines is 1. The molecule has 0 aliphatic carbocycles. The van der Waals surface area contributed by atoms with E-state index < -0.39 is 17.6 Å². The number of fused-ring (bicyclic) bond motifs is 2. The Morgan fingerprint density at radius 2 is 1.50 bits per heavy atom. The van der Waals surface area contributed by atoms with Crippen LogP contribution in [0.3, 0.4) is 0 Å². The van der Waals surface area contributed by atoms with Crippen LogP contribution < -0.4 is 5.32 Å². The fourth-order valence-corrected chi connectivity index (χ4v) is 6.15. The topological polar surface area (TPSA) is 54.7 Å². The fourth-order valence-electron chi connectivity index (χ4n) is 6.15. The highest BCUT2D eigenvalue weighted by atomic mass is 19.4. The Bertz CT molecular complexity index is 2020. The number of carbonyl (C=O) groups is 1. The van der Waals surface area contributed by atoms with Crippen molar-refractivity contribution >= 4 is 33.3 Å². The van der Waals surface area contributed by atoms with Crippen LogP contribution in [0.25, 0.3) is 44.0 Å². The zero-order valence-electron chi connectivity index (χ0n) is 24.9. The Kier molecular flexibility index (Phi) is 8.07. The molecule has 1 fully saturated rings. The molecular formula is C38H31F3N2O3. The van der Waals surface area contributed by atoms with Crippen LogP contribution in [0, 0.1) is 0 Å². The van der Waals surface area contributed by atoms with Crippen molar-refractivity contribution in [3.8, 4) is 22.3 Å². The maximum absolute atomic E-state index is 14.0. The average Bonchev–Trinajstić information content (AvgIpc) is 3.47. The molecule has 0 atom stereocenters. The number of alkyl halides is 3. The smallest absolute Gasteiger partial charge is 0.416 e. The number of carbonyl (C=O) groups excluding carboxylic acids is 1. The number of furan rings is 1. The molecule has 46 heavy (non-hydrogen) atoms. The van der Waals surface area contributed by atoms with Crippen LogP contribution in [0.2, 0.25) is 0 Å². The quantitative estimate of drug-likeness (QED) is 0.194. The molecule has 5 nitrogen and oxygen atoms in total. The van der Waals surface area contributed by atoms with Gasteiger partial charge in [0, 0.05) is 36.3 Å². The number of benzene rings is 5. The van der Waals surface area contributed by atoms with Gasteiger partial charge in [0.05, 0.1) is 31.5 Å². The summed E-state index contributed by atoms with van der Waals surface area (Å²) in [5.41, 5.74) is 5.07. The Morgan fingerprint density at radius 3 is 2.30 bits per heavy atom. The highest BCUT2D eigenvalue weighted by Gasteiger charge is 2.34. The molecule has 1 aromatic heterocycles. The van der Waals surface area contributed by atoms with Crippen molar-refractivity contribution in [2.24, 2.45) is 0 Å². The van der Waals surface area contributed by atoms with Crippen LogP contribution in [0.4, 0.5) is 18.9 Å². The van der Waals surface area contributed by atoms with Gasteiger partial charge >= 0.3 is 6.18 Å². The zero-order chi connectivity index (χ0) is 31.7. The number of nitrogens with zero attached hydrogens (tertiary/aromatic N) is 1. The van der Waals surface area contributed by atoms with E-state index in [1.165, 1.54) is 29.2 Å². The van der Waals surface area contributed by atoms with Gasteiger partial charge in [0.1, 0.15) is 5.58 Å². The van der Waals surface area contributed by atoms with Crippen LogP contribution in [0.15, 0.2) is 114 Å². The lowest BCUT2D eigenvalue weighted by molar-refractivity contribution is -0.138. The summed E-state index contributed by atoms with van der Waals surface area (Å²) >= 11 is 0. The second-order valence-electron chi connectivity index (χ2n) is 11.6. The largest absolute Gasteiger partial charge is 0.464 e. The Hall–Kier alpha value is -4.92. The third-order valence-corrected chi connectivity index (χ3v) is 8.52. The van der Waals surface area contributed by atoms with E-state index >= 15 is 0 Å². The number of ether oxygens (including phenoxy) is 1. The molecule has 232 valence electrons. The van der Waals surface area contributed by atoms with Gasteiger partial charge in [0.25, 0.3) is 0 Å². The Labute approximate surface area is 264 Å². The lowest BCUT2D eigenvalue weighted by Gasteiger charge is -2.27. The van der Waals surface area contributed by atoms with Gasteiger partial charge in [-0.15, -0.1) is 0 Å². The first-order chi connectivity index (χ1) is 22.3. The predicted molar refractivity (Wildman–Crippen MR) is 174 cm³/mol. The molecule has 2 heterocycles. The van der Waals surface area contributed by atoms with Gasteiger partial charge in [0.15, 0.2) is 0 Å². The standard InChI is InChI=1S/C38H31F3N2O3/c39-38(40,41)35-22-31(14-12-29(35)23-43-16-18-45-19-17-43)42-37(44)21-30-24-46-36-15-13-28(20-34(30)36)25-8-10-27(11-9-25)33-7-3-5-26-4-1-2-6-32(26)33/h1-15,20,22,24H,16-19,21,23H2,(H,42,44). The molecule has 7 rings (SSSR count). The lowest BCUT2D eigenvalue weighted by atomic mass is 9.95. The summed E-state index contributed by atoms with van der Waals surface area (Å²) in [6.07, 6.45) is -3.07. The van der Waals surface area contributed by atoms with Gasteiger partial charge < -0.3 is 14.5 Å². The minimum Gasteiger partial charge on any atom is -0.464 e. The van der Waals surface area contributed by atoms with E-state index in [4.69, 9.17) is 9.15 Å². The summed E-state index contributed by atoms with van der Waals surface area (Å²) in [6, 6.07) is 32.8. The minimum atomic E-state index is -4.55. The third-order valence-electron chi connectivity index (χ3n) is 8.52. The second-order valence-corrected chi connectivity index (χ2v) is 11.6. The maximum Gasteiger partial charge on any atom is 0.416 e. The molecule has 0 radical (unpaired) electrons. The Balaban J connectivity index is 1.08. The van der Waals surface area contributed by atoms with Gasteiger partial charge in [-0.25, -0.2) is 0 Å². The van der Waals surface area contributed by atoms with E-state index in [0.29, 0.717) is 37.4 Å². The predicted octanol–water partition coefficient (Wildman–Crippen LogP) is 8.95. The van der Waals surface area contributed by atoms with Gasteiger partial charge in [-0.3, -0.25) is 9.69 Å². The molecule has 1 aliphatic rings. The molecule has 0 bridgehead atoms. The second kappa shape index (κ2) is 12.5. The van der Waals surface area contributed by atoms with Gasteiger partial charge in [-0.1, -0.05) is 78.9 Å². The van der Waals surface area contributed by atoms with E-state index in [1.54, 1.807) is 0 Å². The summed E-state index contributed by atoms with van der Waals surface area (Å²) in [6.45, 7) is 2.32. The van der Waals surface area contributed by atoms with Crippen molar-refractivity contribution in [1.82, 2.24) is 4.90 Å². The number of morpholine rings is 1. The molecule has 0 unspecified atom stereocenters. The summed E-state index contributed by atoms with van der Waals surface area (Å²) in [5.74, 6) is -0.429. The van der Waals surface area contributed by atoms with E-state index in [0.717, 1.165) is 33.7 Å². The molecule has 0 spiro atoms. The molecule has 1 saturated heterocycles. The maximum atomic E-state index is 14.0. The van der Waals surface area contributed by atoms with Crippen molar-refractivity contribution < 1.29 is 27.1 Å². The number of hydrogen-bond donors (Lipinski definition) is 1. The number of amides is 1. The van der Waals surface area contributed by atoms with Crippen LogP contribution >= 0.6 is 0 Å². The van der Waals surface area contributed by atoms with E-state index in [2.05, 4.69) is 59.9 Å². The fraction of sp³-hybridized carbons (Fsp3) is 0.184. The number of hydrogen-bond acceptors (Lipinski definition) is 4.